The Morgan fingerprint density at radius 1 is 0.521 bits per heavy atom. The molecule has 3 N–H and O–H groups in total. The largest absolute Gasteiger partial charge is 0.508 e. The van der Waals surface area contributed by atoms with E-state index in [0.29, 0.717) is 11.1 Å². The smallest absolute Gasteiger partial charge is 0.407 e. The van der Waals surface area contributed by atoms with E-state index in [1.54, 1.807) is 24.3 Å². The topological polar surface area (TPSA) is 185 Å². The van der Waals surface area contributed by atoms with Crippen LogP contribution < -0.4 is 29.6 Å². The normalized spacial score (nSPS) is 13.5. The Labute approximate surface area is 410 Å². The number of fused-ring (bicyclic) bond motifs is 6. The van der Waals surface area contributed by atoms with Crippen LogP contribution in [0.25, 0.3) is 34.4 Å². The van der Waals surface area contributed by atoms with Crippen molar-refractivity contribution >= 4 is 42.1 Å². The molecule has 0 aromatic heterocycles. The first-order valence-corrected chi connectivity index (χ1v) is 22.7. The van der Waals surface area contributed by atoms with Crippen molar-refractivity contribution in [1.29, 1.82) is 0 Å². The molecule has 0 fully saturated rings. The molecule has 0 radical (unpaired) electrons. The van der Waals surface area contributed by atoms with Gasteiger partial charge in [0.15, 0.2) is 28.8 Å². The van der Waals surface area contributed by atoms with Crippen molar-refractivity contribution in [3.05, 3.63) is 191 Å². The van der Waals surface area contributed by atoms with Crippen LogP contribution >= 0.6 is 0 Å². The highest BCUT2D eigenvalue weighted by Gasteiger charge is 2.31. The first-order valence-electron chi connectivity index (χ1n) is 22.7. The fourth-order valence-corrected chi connectivity index (χ4v) is 8.49. The van der Waals surface area contributed by atoms with Gasteiger partial charge >= 0.3 is 24.1 Å². The summed E-state index contributed by atoms with van der Waals surface area (Å²) in [6.45, 7) is 3.12. The molecule has 0 heterocycles. The summed E-state index contributed by atoms with van der Waals surface area (Å²) in [6, 6.07) is 39.1. The molecular formula is C57H50N2O12. The van der Waals surface area contributed by atoms with Gasteiger partial charge in [0.1, 0.15) is 31.1 Å². The molecule has 14 nitrogen and oxygen atoms in total. The molecule has 2 aliphatic carbocycles. The lowest BCUT2D eigenvalue weighted by Gasteiger charge is -2.17. The van der Waals surface area contributed by atoms with Crippen LogP contribution in [-0.4, -0.2) is 74.5 Å². The predicted molar refractivity (Wildman–Crippen MR) is 266 cm³/mol. The number of rotatable bonds is 17. The Morgan fingerprint density at radius 2 is 0.887 bits per heavy atom. The average molecular weight is 955 g/mol. The molecule has 2 aliphatic rings. The SMILES string of the molecule is COc1cc(/C=C/C(=O)C=C(O)/C=C/c2ccc(OC(=O)[C@H](C)NC(=O)OCC3c4ccccc4-c4ccccc43)c(OC)c2)ccc1OC(=O)[C@H](C)NC(=O)OCC1c2ccccc2-c2ccccc21. The first-order chi connectivity index (χ1) is 34.4. The molecule has 8 rings (SSSR count). The first kappa shape index (κ1) is 48.5. The number of ketones is 1. The highest BCUT2D eigenvalue weighted by molar-refractivity contribution is 6.02. The second kappa shape index (κ2) is 22.0. The fourth-order valence-electron chi connectivity index (χ4n) is 8.49. The third-order valence-electron chi connectivity index (χ3n) is 12.0. The number of alkyl carbamates (subject to hydrolysis) is 2. The molecular weight excluding hydrogens is 905 g/mol. The Balaban J connectivity index is 0.786. The molecule has 6 aromatic carbocycles. The number of aliphatic hydroxyl groups excluding tert-OH is 1. The molecule has 6 aromatic rings. The van der Waals surface area contributed by atoms with Gasteiger partial charge in [-0.2, -0.15) is 0 Å². The molecule has 360 valence electrons. The number of methoxy groups -OCH3 is 2. The van der Waals surface area contributed by atoms with Crippen LogP contribution in [0.1, 0.15) is 59.1 Å². The maximum atomic E-state index is 13.0. The lowest BCUT2D eigenvalue weighted by Crippen LogP contribution is -2.41. The molecule has 0 saturated carbocycles. The van der Waals surface area contributed by atoms with E-state index in [0.717, 1.165) is 50.6 Å². The zero-order valence-electron chi connectivity index (χ0n) is 39.3. The second-order valence-corrected chi connectivity index (χ2v) is 16.7. The van der Waals surface area contributed by atoms with Crippen LogP contribution in [0.3, 0.4) is 0 Å². The summed E-state index contributed by atoms with van der Waals surface area (Å²) in [5.74, 6) is -2.09. The van der Waals surface area contributed by atoms with Crippen LogP contribution in [0.5, 0.6) is 23.0 Å². The molecule has 14 heteroatoms. The highest BCUT2D eigenvalue weighted by Crippen LogP contribution is 2.46. The average Bonchev–Trinajstić information content (AvgIpc) is 3.88. The van der Waals surface area contributed by atoms with Gasteiger partial charge < -0.3 is 44.2 Å². The highest BCUT2D eigenvalue weighted by atomic mass is 16.6. The number of ether oxygens (including phenoxy) is 6. The Morgan fingerprint density at radius 3 is 1.27 bits per heavy atom. The van der Waals surface area contributed by atoms with Crippen molar-refractivity contribution in [1.82, 2.24) is 10.6 Å². The number of benzene rings is 6. The van der Waals surface area contributed by atoms with Crippen LogP contribution in [0.15, 0.2) is 157 Å². The zero-order chi connectivity index (χ0) is 50.0. The molecule has 0 saturated heterocycles. The molecule has 0 aliphatic heterocycles. The van der Waals surface area contributed by atoms with Gasteiger partial charge in [-0.25, -0.2) is 19.2 Å². The molecule has 2 amide bonds. The summed E-state index contributed by atoms with van der Waals surface area (Å²) in [6.07, 6.45) is 5.04. The third kappa shape index (κ3) is 11.3. The molecule has 0 unspecified atom stereocenters. The number of hydrogen-bond donors (Lipinski definition) is 3. The Hall–Kier alpha value is -8.91. The molecule has 2 atom stereocenters. The summed E-state index contributed by atoms with van der Waals surface area (Å²) >= 11 is 0. The maximum absolute atomic E-state index is 13.0. The van der Waals surface area contributed by atoms with Crippen molar-refractivity contribution in [3.63, 3.8) is 0 Å². The van der Waals surface area contributed by atoms with E-state index in [2.05, 4.69) is 10.6 Å². The molecule has 0 spiro atoms. The van der Waals surface area contributed by atoms with Crippen molar-refractivity contribution < 1.29 is 57.5 Å². The van der Waals surface area contributed by atoms with E-state index in [-0.39, 0.29) is 53.8 Å². The number of aliphatic hydroxyl groups is 1. The van der Waals surface area contributed by atoms with E-state index in [1.807, 2.05) is 97.1 Å². The second-order valence-electron chi connectivity index (χ2n) is 16.7. The Bertz CT molecular complexity index is 3010. The Kier molecular flexibility index (Phi) is 15.1. The number of esters is 2. The van der Waals surface area contributed by atoms with E-state index >= 15 is 0 Å². The van der Waals surface area contributed by atoms with Gasteiger partial charge in [0, 0.05) is 17.9 Å². The van der Waals surface area contributed by atoms with Crippen molar-refractivity contribution in [2.45, 2.75) is 37.8 Å². The van der Waals surface area contributed by atoms with Gasteiger partial charge in [-0.3, -0.25) is 4.79 Å². The predicted octanol–water partition coefficient (Wildman–Crippen LogP) is 10.1. The van der Waals surface area contributed by atoms with Crippen LogP contribution in [0, 0.1) is 0 Å². The minimum atomic E-state index is -1.06. The van der Waals surface area contributed by atoms with Gasteiger partial charge in [0.2, 0.25) is 0 Å². The van der Waals surface area contributed by atoms with E-state index in [1.165, 1.54) is 64.5 Å². The number of carbonyl (C=O) groups is 5. The van der Waals surface area contributed by atoms with Gasteiger partial charge in [-0.15, -0.1) is 0 Å². The van der Waals surface area contributed by atoms with Crippen molar-refractivity contribution in [2.24, 2.45) is 0 Å². The monoisotopic (exact) mass is 954 g/mol. The van der Waals surface area contributed by atoms with E-state index < -0.39 is 42.0 Å². The van der Waals surface area contributed by atoms with E-state index in [9.17, 15) is 29.1 Å². The van der Waals surface area contributed by atoms with Gasteiger partial charge in [-0.05, 0) is 106 Å². The number of allylic oxidation sites excluding steroid dienone is 3. The van der Waals surface area contributed by atoms with Gasteiger partial charge in [0.25, 0.3) is 0 Å². The number of carbonyl (C=O) groups excluding carboxylic acids is 5. The van der Waals surface area contributed by atoms with Gasteiger partial charge in [-0.1, -0.05) is 121 Å². The van der Waals surface area contributed by atoms with E-state index in [4.69, 9.17) is 28.4 Å². The van der Waals surface area contributed by atoms with Crippen LogP contribution in [0.4, 0.5) is 9.59 Å². The summed E-state index contributed by atoms with van der Waals surface area (Å²) < 4.78 is 33.1. The van der Waals surface area contributed by atoms with Crippen molar-refractivity contribution in [2.75, 3.05) is 27.4 Å². The maximum Gasteiger partial charge on any atom is 0.407 e. The zero-order valence-corrected chi connectivity index (χ0v) is 39.3. The lowest BCUT2D eigenvalue weighted by molar-refractivity contribution is -0.137. The lowest BCUT2D eigenvalue weighted by atomic mass is 9.98. The summed E-state index contributed by atoms with van der Waals surface area (Å²) in [4.78, 5) is 64.3. The molecule has 71 heavy (non-hydrogen) atoms. The number of amides is 2. The standard InChI is InChI=1S/C57H50N2O12/c1-34(58-56(64)68-32-48-44-17-9-5-13-40(44)41-14-6-10-18-45(41)48)54(62)70-50-27-23-36(29-52(50)66-3)21-25-38(60)31-39(61)26-22-37-24-28-51(53(30-37)67-4)71-55(63)35(2)59-57(65)69-33-49-46-19-11-7-15-42(46)43-16-8-12-20-47(43)49/h5-31,34-35,48-49,60H,32-33H2,1-4H3,(H,58,64)(H,59,65)/b25-21+,26-22+,38-31?/t34-,35-/m0/s1. The van der Waals surface area contributed by atoms with Crippen molar-refractivity contribution in [3.8, 4) is 45.3 Å². The van der Waals surface area contributed by atoms with Crippen LogP contribution in [-0.2, 0) is 23.9 Å². The number of hydrogen-bond acceptors (Lipinski definition) is 12. The summed E-state index contributed by atoms with van der Waals surface area (Å²) in [7, 11) is 2.79. The molecule has 0 bridgehead atoms. The summed E-state index contributed by atoms with van der Waals surface area (Å²) in [5, 5.41) is 15.6. The minimum Gasteiger partial charge on any atom is -0.508 e. The fraction of sp³-hybridized carbons (Fsp3) is 0.175. The summed E-state index contributed by atoms with van der Waals surface area (Å²) in [5.41, 5.74) is 9.72. The van der Waals surface area contributed by atoms with Gasteiger partial charge in [0.05, 0.1) is 14.2 Å². The third-order valence-corrected chi connectivity index (χ3v) is 12.0. The number of nitrogens with one attached hydrogen (secondary N) is 2. The van der Waals surface area contributed by atoms with Crippen LogP contribution in [0.2, 0.25) is 0 Å². The minimum absolute atomic E-state index is 0.0854. The quantitative estimate of drug-likeness (QED) is 0.0259.